The van der Waals surface area contributed by atoms with Crippen molar-refractivity contribution in [2.24, 2.45) is 17.3 Å². The smallest absolute Gasteiger partial charge is 0.240 e. The van der Waals surface area contributed by atoms with E-state index < -0.39 is 0 Å². The molecule has 6 rings (SSSR count). The van der Waals surface area contributed by atoms with Gasteiger partial charge in [0.05, 0.1) is 6.04 Å². The highest BCUT2D eigenvalue weighted by atomic mass is 35.5. The normalized spacial score (nSPS) is 22.5. The number of benzene rings is 2. The number of piperidine rings is 1. The predicted molar refractivity (Wildman–Crippen MR) is 186 cm³/mol. The molecule has 3 fully saturated rings. The zero-order valence-electron chi connectivity index (χ0n) is 27.9. The SMILES string of the molecule is CN(Cc1ccccc1)C(=O)C1CCC(N[C@H](Cc2ccc(Cl)cc2)C(=O)N2CCC(Cn3cncn3)(C3CCCCC3)CC2)CC1. The molecule has 1 saturated heterocycles. The van der Waals surface area contributed by atoms with Crippen molar-refractivity contribution in [3.05, 3.63) is 83.4 Å². The van der Waals surface area contributed by atoms with E-state index in [1.54, 1.807) is 6.33 Å². The fourth-order valence-corrected chi connectivity index (χ4v) is 8.68. The number of hydrogen-bond donors (Lipinski definition) is 1. The van der Waals surface area contributed by atoms with Gasteiger partial charge in [-0.1, -0.05) is 73.3 Å². The fourth-order valence-electron chi connectivity index (χ4n) is 8.55. The van der Waals surface area contributed by atoms with Crippen LogP contribution in [0.4, 0.5) is 0 Å². The second-order valence-electron chi connectivity index (χ2n) is 14.4. The van der Waals surface area contributed by atoms with Crippen molar-refractivity contribution in [1.82, 2.24) is 29.9 Å². The van der Waals surface area contributed by atoms with Crippen LogP contribution in [-0.2, 0) is 29.1 Å². The maximum Gasteiger partial charge on any atom is 0.240 e. The van der Waals surface area contributed by atoms with Gasteiger partial charge < -0.3 is 15.1 Å². The van der Waals surface area contributed by atoms with E-state index in [9.17, 15) is 9.59 Å². The van der Waals surface area contributed by atoms with Crippen molar-refractivity contribution in [1.29, 1.82) is 0 Å². The Kier molecular flexibility index (Phi) is 11.3. The Balaban J connectivity index is 1.09. The Bertz CT molecular complexity index is 1410. The van der Waals surface area contributed by atoms with Gasteiger partial charge in [0.25, 0.3) is 0 Å². The summed E-state index contributed by atoms with van der Waals surface area (Å²) in [6.45, 7) is 3.07. The first-order valence-electron chi connectivity index (χ1n) is 17.8. The summed E-state index contributed by atoms with van der Waals surface area (Å²) in [5, 5.41) is 8.97. The van der Waals surface area contributed by atoms with Crippen molar-refractivity contribution in [2.45, 2.75) is 102 Å². The maximum atomic E-state index is 14.3. The van der Waals surface area contributed by atoms with Gasteiger partial charge in [-0.2, -0.15) is 5.10 Å². The highest BCUT2D eigenvalue weighted by Crippen LogP contribution is 2.47. The van der Waals surface area contributed by atoms with E-state index in [0.717, 1.165) is 69.3 Å². The molecule has 0 radical (unpaired) electrons. The Hall–Kier alpha value is -3.23. The molecule has 1 aliphatic heterocycles. The summed E-state index contributed by atoms with van der Waals surface area (Å²) < 4.78 is 2.01. The number of likely N-dealkylation sites (tertiary alicyclic amines) is 1. The molecule has 1 atom stereocenters. The molecule has 3 aromatic rings. The highest BCUT2D eigenvalue weighted by Gasteiger charge is 2.44. The molecule has 3 aliphatic rings. The van der Waals surface area contributed by atoms with Crippen LogP contribution in [0.5, 0.6) is 0 Å². The molecule has 2 aliphatic carbocycles. The van der Waals surface area contributed by atoms with Crippen molar-refractivity contribution >= 4 is 23.4 Å². The van der Waals surface area contributed by atoms with Gasteiger partial charge >= 0.3 is 0 Å². The van der Waals surface area contributed by atoms with E-state index in [1.807, 2.05) is 65.4 Å². The predicted octanol–water partition coefficient (Wildman–Crippen LogP) is 6.54. The summed E-state index contributed by atoms with van der Waals surface area (Å²) in [6, 6.07) is 17.9. The number of hydrogen-bond acceptors (Lipinski definition) is 5. The summed E-state index contributed by atoms with van der Waals surface area (Å²) in [7, 11) is 1.91. The zero-order valence-corrected chi connectivity index (χ0v) is 28.7. The molecule has 8 nitrogen and oxygen atoms in total. The monoisotopic (exact) mass is 658 g/mol. The van der Waals surface area contributed by atoms with Gasteiger partial charge in [-0.15, -0.1) is 0 Å². The van der Waals surface area contributed by atoms with E-state index in [2.05, 4.69) is 32.4 Å². The largest absolute Gasteiger partial charge is 0.341 e. The minimum absolute atomic E-state index is 0.0344. The van der Waals surface area contributed by atoms with Crippen molar-refractivity contribution in [3.63, 3.8) is 0 Å². The van der Waals surface area contributed by atoms with Gasteiger partial charge in [0, 0.05) is 50.2 Å². The number of nitrogens with one attached hydrogen (secondary N) is 1. The third-order valence-corrected chi connectivity index (χ3v) is 11.5. The lowest BCUT2D eigenvalue weighted by Crippen LogP contribution is -2.55. The lowest BCUT2D eigenvalue weighted by molar-refractivity contribution is -0.138. The van der Waals surface area contributed by atoms with Gasteiger partial charge in [-0.05, 0) is 92.4 Å². The van der Waals surface area contributed by atoms with Crippen molar-refractivity contribution in [3.8, 4) is 0 Å². The average molecular weight is 659 g/mol. The molecule has 2 saturated carbocycles. The number of nitrogens with zero attached hydrogens (tertiary/aromatic N) is 5. The number of amides is 2. The fraction of sp³-hybridized carbons (Fsp3) is 0.579. The van der Waals surface area contributed by atoms with E-state index in [4.69, 9.17) is 11.6 Å². The molecule has 2 heterocycles. The molecule has 47 heavy (non-hydrogen) atoms. The quantitative estimate of drug-likeness (QED) is 0.253. The van der Waals surface area contributed by atoms with Crippen LogP contribution in [0, 0.1) is 17.3 Å². The van der Waals surface area contributed by atoms with Crippen LogP contribution >= 0.6 is 11.6 Å². The number of carbonyl (C=O) groups is 2. The van der Waals surface area contributed by atoms with E-state index in [1.165, 1.54) is 32.1 Å². The van der Waals surface area contributed by atoms with Gasteiger partial charge in [-0.3, -0.25) is 14.3 Å². The molecule has 1 N–H and O–H groups in total. The van der Waals surface area contributed by atoms with Gasteiger partial charge in [0.15, 0.2) is 0 Å². The minimum atomic E-state index is -0.313. The van der Waals surface area contributed by atoms with Crippen LogP contribution < -0.4 is 5.32 Å². The van der Waals surface area contributed by atoms with Crippen LogP contribution in [0.25, 0.3) is 0 Å². The Labute approximate surface area is 285 Å². The molecular weight excluding hydrogens is 608 g/mol. The van der Waals surface area contributed by atoms with Crippen molar-refractivity contribution < 1.29 is 9.59 Å². The van der Waals surface area contributed by atoms with Gasteiger partial charge in [0.2, 0.25) is 11.8 Å². The summed E-state index contributed by atoms with van der Waals surface area (Å²) in [4.78, 5) is 35.8. The third-order valence-electron chi connectivity index (χ3n) is 11.3. The van der Waals surface area contributed by atoms with Crippen LogP contribution in [-0.4, -0.2) is 68.6 Å². The van der Waals surface area contributed by atoms with Crippen LogP contribution in [0.3, 0.4) is 0 Å². The van der Waals surface area contributed by atoms with Gasteiger partial charge in [0.1, 0.15) is 12.7 Å². The number of halogens is 1. The molecular formula is C38H51ClN6O2. The molecule has 9 heteroatoms. The van der Waals surface area contributed by atoms with Gasteiger partial charge in [-0.25, -0.2) is 4.98 Å². The highest BCUT2D eigenvalue weighted by molar-refractivity contribution is 6.30. The first-order chi connectivity index (χ1) is 22.9. The molecule has 1 aromatic heterocycles. The summed E-state index contributed by atoms with van der Waals surface area (Å²) in [6.07, 6.45) is 16.1. The lowest BCUT2D eigenvalue weighted by Gasteiger charge is -2.48. The standard InChI is InChI=1S/C38H51ClN6O2/c1-43(25-30-8-4-2-5-9-30)36(46)31-14-18-34(19-15-31)42-35(24-29-12-16-33(39)17-13-29)37(47)44-22-20-38(21-23-44,26-45-28-40-27-41-45)32-10-6-3-7-11-32/h2,4-5,8-9,12-13,16-17,27-28,31-32,34-35,42H,3,6-7,10-11,14-15,18-26H2,1H3/t31?,34?,35-/m1/s1. The molecule has 0 unspecified atom stereocenters. The Morgan fingerprint density at radius 2 is 1.64 bits per heavy atom. The summed E-state index contributed by atoms with van der Waals surface area (Å²) >= 11 is 6.20. The number of aromatic nitrogens is 3. The molecule has 252 valence electrons. The second-order valence-corrected chi connectivity index (χ2v) is 14.8. The first-order valence-corrected chi connectivity index (χ1v) is 18.2. The Morgan fingerprint density at radius 1 is 0.936 bits per heavy atom. The Morgan fingerprint density at radius 3 is 2.30 bits per heavy atom. The molecule has 2 aromatic carbocycles. The third kappa shape index (κ3) is 8.63. The minimum Gasteiger partial charge on any atom is -0.341 e. The topological polar surface area (TPSA) is 83.4 Å². The molecule has 2 amide bonds. The molecule has 0 bridgehead atoms. The lowest BCUT2D eigenvalue weighted by atomic mass is 9.63. The number of rotatable bonds is 11. The number of carbonyl (C=O) groups excluding carboxylic acids is 2. The van der Waals surface area contributed by atoms with Crippen LogP contribution in [0.2, 0.25) is 5.02 Å². The van der Waals surface area contributed by atoms with Crippen LogP contribution in [0.15, 0.2) is 67.3 Å². The van der Waals surface area contributed by atoms with E-state index in [0.29, 0.717) is 23.9 Å². The summed E-state index contributed by atoms with van der Waals surface area (Å²) in [5.74, 6) is 1.12. The van der Waals surface area contributed by atoms with Crippen molar-refractivity contribution in [2.75, 3.05) is 20.1 Å². The van der Waals surface area contributed by atoms with E-state index >= 15 is 0 Å². The molecule has 0 spiro atoms. The first kappa shape index (κ1) is 33.7. The van der Waals surface area contributed by atoms with Crippen LogP contribution in [0.1, 0.15) is 81.8 Å². The van der Waals surface area contributed by atoms with E-state index in [-0.39, 0.29) is 35.2 Å². The second kappa shape index (κ2) is 15.8. The summed E-state index contributed by atoms with van der Waals surface area (Å²) in [5.41, 5.74) is 2.41. The zero-order chi connectivity index (χ0) is 32.6. The maximum absolute atomic E-state index is 14.3. The average Bonchev–Trinajstić information content (AvgIpc) is 3.62.